The third-order valence-corrected chi connectivity index (χ3v) is 2.82. The second-order valence-corrected chi connectivity index (χ2v) is 4.54. The lowest BCUT2D eigenvalue weighted by atomic mass is 10.2. The van der Waals surface area contributed by atoms with E-state index >= 15 is 0 Å². The van der Waals surface area contributed by atoms with Crippen LogP contribution < -0.4 is 15.8 Å². The molecule has 0 radical (unpaired) electrons. The molecule has 1 amide bonds. The number of nitrogens with two attached hydrogens (primary N) is 1. The highest BCUT2D eigenvalue weighted by molar-refractivity contribution is 5.94. The number of anilines is 1. The predicted molar refractivity (Wildman–Crippen MR) is 77.4 cm³/mol. The Morgan fingerprint density at radius 3 is 2.47 bits per heavy atom. The summed E-state index contributed by atoms with van der Waals surface area (Å²) in [4.78, 5) is 14.0. The molecule has 1 aromatic rings. The molecule has 0 aliphatic heterocycles. The van der Waals surface area contributed by atoms with Crippen molar-refractivity contribution in [1.29, 1.82) is 0 Å². The maximum Gasteiger partial charge on any atom is 0.241 e. The first-order chi connectivity index (χ1) is 9.08. The Bertz CT molecular complexity index is 390. The van der Waals surface area contributed by atoms with Crippen molar-refractivity contribution < 1.29 is 9.53 Å². The predicted octanol–water partition coefficient (Wildman–Crippen LogP) is 1.30. The number of hydrogen-bond donors (Lipinski definition) is 2. The van der Waals surface area contributed by atoms with E-state index in [0.717, 1.165) is 17.9 Å². The number of amides is 1. The van der Waals surface area contributed by atoms with Gasteiger partial charge in [0.25, 0.3) is 0 Å². The van der Waals surface area contributed by atoms with E-state index in [9.17, 15) is 4.79 Å². The second-order valence-electron chi connectivity index (χ2n) is 4.54. The molecule has 0 aliphatic carbocycles. The number of rotatable bonds is 7. The highest BCUT2D eigenvalue weighted by atomic mass is 16.5. The number of nitrogens with zero attached hydrogens (tertiary/aromatic N) is 1. The lowest BCUT2D eigenvalue weighted by molar-refractivity contribution is -0.120. The Labute approximate surface area is 114 Å². The highest BCUT2D eigenvalue weighted by Crippen LogP contribution is 2.16. The monoisotopic (exact) mass is 265 g/mol. The van der Waals surface area contributed by atoms with Crippen LogP contribution in [0.4, 0.5) is 5.69 Å². The molecule has 0 saturated carbocycles. The van der Waals surface area contributed by atoms with Crippen LogP contribution >= 0.6 is 0 Å². The topological polar surface area (TPSA) is 67.6 Å². The molecular formula is C14H23N3O2. The van der Waals surface area contributed by atoms with Gasteiger partial charge in [-0.05, 0) is 44.8 Å². The summed E-state index contributed by atoms with van der Waals surface area (Å²) in [7, 11) is 3.80. The maximum atomic E-state index is 12.0. The molecule has 5 heteroatoms. The molecule has 106 valence electrons. The molecule has 1 atom stereocenters. The Hall–Kier alpha value is -1.59. The normalized spacial score (nSPS) is 12.3. The number of benzene rings is 1. The van der Waals surface area contributed by atoms with Crippen molar-refractivity contribution in [3.05, 3.63) is 24.3 Å². The third kappa shape index (κ3) is 4.89. The molecular weight excluding hydrogens is 242 g/mol. The molecule has 19 heavy (non-hydrogen) atoms. The van der Waals surface area contributed by atoms with Gasteiger partial charge in [-0.3, -0.25) is 9.69 Å². The summed E-state index contributed by atoms with van der Waals surface area (Å²) in [6.45, 7) is 2.97. The van der Waals surface area contributed by atoms with Gasteiger partial charge in [0.1, 0.15) is 12.4 Å². The van der Waals surface area contributed by atoms with Crippen molar-refractivity contribution in [2.45, 2.75) is 19.4 Å². The van der Waals surface area contributed by atoms with Gasteiger partial charge in [0.05, 0.1) is 6.04 Å². The van der Waals surface area contributed by atoms with E-state index < -0.39 is 0 Å². The van der Waals surface area contributed by atoms with Gasteiger partial charge >= 0.3 is 0 Å². The first kappa shape index (κ1) is 15.5. The van der Waals surface area contributed by atoms with Crippen LogP contribution in [0.3, 0.4) is 0 Å². The minimum Gasteiger partial charge on any atom is -0.492 e. The summed E-state index contributed by atoms with van der Waals surface area (Å²) >= 11 is 0. The first-order valence-corrected chi connectivity index (χ1v) is 6.48. The lowest BCUT2D eigenvalue weighted by Crippen LogP contribution is -2.39. The molecule has 5 nitrogen and oxygen atoms in total. The molecule has 3 N–H and O–H groups in total. The quantitative estimate of drug-likeness (QED) is 0.780. The molecule has 0 bridgehead atoms. The van der Waals surface area contributed by atoms with E-state index in [-0.39, 0.29) is 11.9 Å². The van der Waals surface area contributed by atoms with Gasteiger partial charge in [-0.15, -0.1) is 0 Å². The number of carbonyl (C=O) groups is 1. The first-order valence-electron chi connectivity index (χ1n) is 6.48. The summed E-state index contributed by atoms with van der Waals surface area (Å²) in [6.07, 6.45) is 0.774. The van der Waals surface area contributed by atoms with Gasteiger partial charge in [0.15, 0.2) is 0 Å². The second kappa shape index (κ2) is 7.76. The third-order valence-electron chi connectivity index (χ3n) is 2.82. The van der Waals surface area contributed by atoms with Crippen molar-refractivity contribution in [3.63, 3.8) is 0 Å². The standard InChI is InChI=1S/C14H23N3O2/c1-4-13(17(2)3)14(18)16-11-5-7-12(8-6-11)19-10-9-15/h5-8,13H,4,9-10,15H2,1-3H3,(H,16,18). The molecule has 0 aromatic heterocycles. The van der Waals surface area contributed by atoms with Gasteiger partial charge in [-0.1, -0.05) is 6.92 Å². The summed E-state index contributed by atoms with van der Waals surface area (Å²) in [5.74, 6) is 0.756. The Kier molecular flexibility index (Phi) is 6.32. The van der Waals surface area contributed by atoms with E-state index in [1.54, 1.807) is 0 Å². The van der Waals surface area contributed by atoms with Crippen LogP contribution in [0.25, 0.3) is 0 Å². The highest BCUT2D eigenvalue weighted by Gasteiger charge is 2.18. The van der Waals surface area contributed by atoms with Gasteiger partial charge < -0.3 is 15.8 Å². The molecule has 0 fully saturated rings. The average Bonchev–Trinajstić information content (AvgIpc) is 2.38. The van der Waals surface area contributed by atoms with Crippen LogP contribution in [0.15, 0.2) is 24.3 Å². The smallest absolute Gasteiger partial charge is 0.241 e. The SMILES string of the molecule is CCC(C(=O)Nc1ccc(OCCN)cc1)N(C)C. The van der Waals surface area contributed by atoms with Gasteiger partial charge in [0, 0.05) is 12.2 Å². The summed E-state index contributed by atoms with van der Waals surface area (Å²) in [6, 6.07) is 7.18. The van der Waals surface area contributed by atoms with Crippen LogP contribution in [-0.2, 0) is 4.79 Å². The van der Waals surface area contributed by atoms with E-state index in [4.69, 9.17) is 10.5 Å². The fraction of sp³-hybridized carbons (Fsp3) is 0.500. The number of likely N-dealkylation sites (N-methyl/N-ethyl adjacent to an activating group) is 1. The molecule has 1 aromatic carbocycles. The zero-order valence-electron chi connectivity index (χ0n) is 11.8. The Morgan fingerprint density at radius 1 is 1.37 bits per heavy atom. The average molecular weight is 265 g/mol. The van der Waals surface area contributed by atoms with E-state index in [0.29, 0.717) is 13.2 Å². The number of ether oxygens (including phenoxy) is 1. The van der Waals surface area contributed by atoms with Crippen LogP contribution in [0.5, 0.6) is 5.75 Å². The van der Waals surface area contributed by atoms with E-state index in [2.05, 4.69) is 5.32 Å². The van der Waals surface area contributed by atoms with Gasteiger partial charge in [-0.25, -0.2) is 0 Å². The van der Waals surface area contributed by atoms with Crippen LogP contribution in [0.2, 0.25) is 0 Å². The van der Waals surface area contributed by atoms with Crippen LogP contribution in [0, 0.1) is 0 Å². The van der Waals surface area contributed by atoms with Crippen molar-refractivity contribution in [2.24, 2.45) is 5.73 Å². The summed E-state index contributed by atoms with van der Waals surface area (Å²) < 4.78 is 5.38. The van der Waals surface area contributed by atoms with Crippen molar-refractivity contribution >= 4 is 11.6 Å². The van der Waals surface area contributed by atoms with Crippen LogP contribution in [-0.4, -0.2) is 44.1 Å². The zero-order chi connectivity index (χ0) is 14.3. The van der Waals surface area contributed by atoms with Gasteiger partial charge in [-0.2, -0.15) is 0 Å². The zero-order valence-corrected chi connectivity index (χ0v) is 11.8. The molecule has 0 saturated heterocycles. The number of hydrogen-bond acceptors (Lipinski definition) is 4. The molecule has 1 unspecified atom stereocenters. The molecule has 0 spiro atoms. The Balaban J connectivity index is 2.59. The maximum absolute atomic E-state index is 12.0. The van der Waals surface area contributed by atoms with Crippen molar-refractivity contribution in [3.8, 4) is 5.75 Å². The van der Waals surface area contributed by atoms with E-state index in [1.165, 1.54) is 0 Å². The minimum absolute atomic E-state index is 0.00289. The van der Waals surface area contributed by atoms with E-state index in [1.807, 2.05) is 50.2 Å². The molecule has 0 heterocycles. The fourth-order valence-electron chi connectivity index (χ4n) is 1.82. The lowest BCUT2D eigenvalue weighted by Gasteiger charge is -2.21. The number of carbonyl (C=O) groups excluding carboxylic acids is 1. The largest absolute Gasteiger partial charge is 0.492 e. The Morgan fingerprint density at radius 2 is 2.00 bits per heavy atom. The van der Waals surface area contributed by atoms with Gasteiger partial charge in [0.2, 0.25) is 5.91 Å². The molecule has 1 rings (SSSR count). The fourth-order valence-corrected chi connectivity index (χ4v) is 1.82. The van der Waals surface area contributed by atoms with Crippen molar-refractivity contribution in [1.82, 2.24) is 4.90 Å². The summed E-state index contributed by atoms with van der Waals surface area (Å²) in [5.41, 5.74) is 6.13. The van der Waals surface area contributed by atoms with Crippen LogP contribution in [0.1, 0.15) is 13.3 Å². The molecule has 0 aliphatic rings. The minimum atomic E-state index is -0.117. The summed E-state index contributed by atoms with van der Waals surface area (Å²) in [5, 5.41) is 2.90. The number of nitrogens with one attached hydrogen (secondary N) is 1. The van der Waals surface area contributed by atoms with Crippen molar-refractivity contribution in [2.75, 3.05) is 32.6 Å².